The summed E-state index contributed by atoms with van der Waals surface area (Å²) in [4.78, 5) is 1.73. The molecule has 25 heavy (non-hydrogen) atoms. The highest BCUT2D eigenvalue weighted by molar-refractivity contribution is 5.43. The maximum Gasteiger partial charge on any atom is 0.0715 e. The zero-order valence-corrected chi connectivity index (χ0v) is 14.7. The first-order chi connectivity index (χ1) is 12.4. The monoisotopic (exact) mass is 341 g/mol. The van der Waals surface area contributed by atoms with Crippen LogP contribution in [0.15, 0.2) is 42.7 Å². The molecule has 0 saturated carbocycles. The van der Waals surface area contributed by atoms with Crippen LogP contribution in [0.4, 0.5) is 5.69 Å². The molecule has 134 valence electrons. The maximum absolute atomic E-state index is 4.39. The molecular weight excluding hydrogens is 314 g/mol. The Kier molecular flexibility index (Phi) is 5.13. The first kappa shape index (κ1) is 16.4. The van der Waals surface area contributed by atoms with Gasteiger partial charge in [-0.25, -0.2) is 0 Å². The van der Waals surface area contributed by atoms with Gasteiger partial charge in [0.25, 0.3) is 0 Å². The molecule has 7 heteroatoms. The molecule has 2 aliphatic heterocycles. The summed E-state index contributed by atoms with van der Waals surface area (Å²) in [6.45, 7) is 4.15. The molecule has 3 heterocycles. The van der Waals surface area contributed by atoms with Crippen molar-refractivity contribution in [2.24, 2.45) is 0 Å². The Morgan fingerprint density at radius 3 is 2.16 bits per heavy atom. The van der Waals surface area contributed by atoms with Crippen molar-refractivity contribution in [1.82, 2.24) is 25.1 Å². The van der Waals surface area contributed by atoms with E-state index in [0.29, 0.717) is 6.04 Å². The van der Waals surface area contributed by atoms with Gasteiger partial charge in [0.2, 0.25) is 0 Å². The topological polar surface area (TPSA) is 52.5 Å². The zero-order valence-electron chi connectivity index (χ0n) is 14.7. The van der Waals surface area contributed by atoms with Crippen molar-refractivity contribution in [2.45, 2.75) is 38.1 Å². The van der Waals surface area contributed by atoms with E-state index in [4.69, 9.17) is 0 Å². The Hall–Kier alpha value is -2.12. The van der Waals surface area contributed by atoms with Crippen LogP contribution in [-0.2, 0) is 0 Å². The number of hydrazine groups is 2. The zero-order chi connectivity index (χ0) is 16.9. The standard InChI is InChI=1S/C18H27N7/c1-3-7-17(8-4-1)21-18-9-15-23(16-10-18)25(24-19-11-12-20-24)22-13-5-2-6-14-22/h1,3-4,7-8,11-12,18,21H,2,5-6,9-10,13-16H2. The summed E-state index contributed by atoms with van der Waals surface area (Å²) in [6.07, 6.45) is 9.52. The smallest absolute Gasteiger partial charge is 0.0715 e. The number of benzene rings is 1. The number of hydrogen-bond acceptors (Lipinski definition) is 6. The van der Waals surface area contributed by atoms with E-state index < -0.39 is 0 Å². The van der Waals surface area contributed by atoms with E-state index in [0.717, 1.165) is 39.0 Å². The molecule has 0 amide bonds. The molecule has 0 aliphatic carbocycles. The van der Waals surface area contributed by atoms with Crippen LogP contribution in [0.2, 0.25) is 0 Å². The summed E-state index contributed by atoms with van der Waals surface area (Å²) >= 11 is 0. The minimum absolute atomic E-state index is 0.521. The summed E-state index contributed by atoms with van der Waals surface area (Å²) in [6, 6.07) is 11.0. The predicted octanol–water partition coefficient (Wildman–Crippen LogP) is 2.11. The number of para-hydroxylation sites is 1. The van der Waals surface area contributed by atoms with Crippen LogP contribution in [0.5, 0.6) is 0 Å². The number of piperidine rings is 2. The lowest BCUT2D eigenvalue weighted by Gasteiger charge is -2.45. The molecule has 1 aromatic heterocycles. The van der Waals surface area contributed by atoms with Crippen LogP contribution in [0.1, 0.15) is 32.1 Å². The summed E-state index contributed by atoms with van der Waals surface area (Å²) < 4.78 is 0. The molecule has 2 aliphatic rings. The fraction of sp³-hybridized carbons (Fsp3) is 0.556. The van der Waals surface area contributed by atoms with E-state index >= 15 is 0 Å². The van der Waals surface area contributed by atoms with E-state index in [1.807, 2.05) is 0 Å². The van der Waals surface area contributed by atoms with Crippen molar-refractivity contribution < 1.29 is 0 Å². The Morgan fingerprint density at radius 2 is 1.48 bits per heavy atom. The Balaban J connectivity index is 1.40. The highest BCUT2D eigenvalue weighted by Crippen LogP contribution is 2.19. The minimum Gasteiger partial charge on any atom is -0.382 e. The maximum atomic E-state index is 4.39. The van der Waals surface area contributed by atoms with Gasteiger partial charge in [-0.3, -0.25) is 0 Å². The largest absolute Gasteiger partial charge is 0.382 e. The van der Waals surface area contributed by atoms with Crippen LogP contribution in [0.25, 0.3) is 0 Å². The summed E-state index contributed by atoms with van der Waals surface area (Å²) in [5.41, 5.74) is 1.21. The lowest BCUT2D eigenvalue weighted by atomic mass is 10.1. The van der Waals surface area contributed by atoms with Crippen LogP contribution in [0.3, 0.4) is 0 Å². The third-order valence-corrected chi connectivity index (χ3v) is 5.02. The Morgan fingerprint density at radius 1 is 0.840 bits per heavy atom. The SMILES string of the molecule is c1ccc(NC2CCN(N(N3CCCCC3)n3nccn3)CC2)cc1. The van der Waals surface area contributed by atoms with E-state index in [1.54, 1.807) is 17.3 Å². The van der Waals surface area contributed by atoms with Crippen molar-refractivity contribution >= 4 is 5.69 Å². The van der Waals surface area contributed by atoms with Crippen LogP contribution in [-0.4, -0.2) is 57.3 Å². The van der Waals surface area contributed by atoms with E-state index in [1.165, 1.54) is 24.9 Å². The molecule has 0 bridgehead atoms. The second-order valence-corrected chi connectivity index (χ2v) is 6.82. The molecule has 0 atom stereocenters. The fourth-order valence-corrected chi connectivity index (χ4v) is 3.72. The van der Waals surface area contributed by atoms with Gasteiger partial charge in [0.05, 0.1) is 12.4 Å². The molecular formula is C18H27N7. The molecule has 1 N–H and O–H groups in total. The van der Waals surface area contributed by atoms with Crippen LogP contribution < -0.4 is 10.5 Å². The van der Waals surface area contributed by atoms with Crippen molar-refractivity contribution in [3.8, 4) is 0 Å². The van der Waals surface area contributed by atoms with Crippen molar-refractivity contribution in [3.05, 3.63) is 42.7 Å². The van der Waals surface area contributed by atoms with Crippen LogP contribution >= 0.6 is 0 Å². The number of rotatable bonds is 5. The lowest BCUT2D eigenvalue weighted by molar-refractivity contribution is -0.00221. The fourth-order valence-electron chi connectivity index (χ4n) is 3.72. The highest BCUT2D eigenvalue weighted by Gasteiger charge is 2.29. The first-order valence-corrected chi connectivity index (χ1v) is 9.38. The first-order valence-electron chi connectivity index (χ1n) is 9.38. The molecule has 0 unspecified atom stereocenters. The number of aromatic nitrogens is 3. The van der Waals surface area contributed by atoms with Gasteiger partial charge in [0, 0.05) is 37.9 Å². The van der Waals surface area contributed by atoms with Crippen molar-refractivity contribution in [1.29, 1.82) is 0 Å². The summed E-state index contributed by atoms with van der Waals surface area (Å²) in [5.74, 6) is 0. The average molecular weight is 341 g/mol. The van der Waals surface area contributed by atoms with Gasteiger partial charge in [-0.15, -0.1) is 15.4 Å². The molecule has 4 rings (SSSR count). The van der Waals surface area contributed by atoms with E-state index in [-0.39, 0.29) is 0 Å². The third-order valence-electron chi connectivity index (χ3n) is 5.02. The molecule has 0 spiro atoms. The molecule has 7 nitrogen and oxygen atoms in total. The quantitative estimate of drug-likeness (QED) is 0.899. The predicted molar refractivity (Wildman–Crippen MR) is 98.3 cm³/mol. The second kappa shape index (κ2) is 7.84. The lowest BCUT2D eigenvalue weighted by Crippen LogP contribution is -2.63. The van der Waals surface area contributed by atoms with Crippen molar-refractivity contribution in [3.63, 3.8) is 0 Å². The Labute approximate surface area is 149 Å². The highest BCUT2D eigenvalue weighted by atomic mass is 16.1. The van der Waals surface area contributed by atoms with E-state index in [2.05, 4.69) is 61.1 Å². The minimum atomic E-state index is 0.521. The summed E-state index contributed by atoms with van der Waals surface area (Å²) in [5, 5.41) is 19.4. The van der Waals surface area contributed by atoms with Gasteiger partial charge in [-0.05, 0) is 37.8 Å². The molecule has 0 radical (unpaired) electrons. The average Bonchev–Trinajstić information content (AvgIpc) is 3.19. The van der Waals surface area contributed by atoms with E-state index in [9.17, 15) is 0 Å². The van der Waals surface area contributed by atoms with Gasteiger partial charge < -0.3 is 5.32 Å². The van der Waals surface area contributed by atoms with Gasteiger partial charge in [0.1, 0.15) is 0 Å². The van der Waals surface area contributed by atoms with Gasteiger partial charge in [-0.2, -0.15) is 10.0 Å². The molecule has 2 fully saturated rings. The van der Waals surface area contributed by atoms with Crippen molar-refractivity contribution in [2.75, 3.05) is 36.7 Å². The molecule has 2 saturated heterocycles. The molecule has 1 aromatic carbocycles. The number of anilines is 1. The third kappa shape index (κ3) is 3.93. The van der Waals surface area contributed by atoms with Gasteiger partial charge >= 0.3 is 0 Å². The Bertz CT molecular complexity index is 616. The van der Waals surface area contributed by atoms with Crippen LogP contribution in [0, 0.1) is 0 Å². The summed E-state index contributed by atoms with van der Waals surface area (Å²) in [7, 11) is 0. The second-order valence-electron chi connectivity index (χ2n) is 6.82. The number of nitrogens with one attached hydrogen (secondary N) is 1. The number of nitrogens with zero attached hydrogens (tertiary/aromatic N) is 6. The normalized spacial score (nSPS) is 20.5. The van der Waals surface area contributed by atoms with Gasteiger partial charge in [0.15, 0.2) is 0 Å². The van der Waals surface area contributed by atoms with Gasteiger partial charge in [-0.1, -0.05) is 29.5 Å². The molecule has 2 aromatic rings. The number of hydrogen-bond donors (Lipinski definition) is 1.